The average Bonchev–Trinajstić information content (AvgIpc) is 3.36. The van der Waals surface area contributed by atoms with Gasteiger partial charge in [-0.05, 0) is 48.5 Å². The molecule has 0 spiro atoms. The van der Waals surface area contributed by atoms with Crippen molar-refractivity contribution in [1.29, 1.82) is 0 Å². The molecule has 4 nitrogen and oxygen atoms in total. The third-order valence-corrected chi connectivity index (χ3v) is 10.4. The van der Waals surface area contributed by atoms with Gasteiger partial charge in [-0.3, -0.25) is 10.1 Å². The number of rotatable bonds is 6. The lowest BCUT2D eigenvalue weighted by Crippen LogP contribution is -2.40. The molecule has 174 valence electrons. The van der Waals surface area contributed by atoms with Crippen LogP contribution in [0.15, 0.2) is 133 Å². The standard InChI is InChI=1S/C30H27N2O2P/c1-32-22-23-34-30(32)29(31-28(33)24-14-6-2-7-15-24)35(25-16-8-3-9-17-25,26-18-10-4-11-19-26)27-20-12-5-13-21-27/h2-21H,22-23H2,1H3/p+1/b30-29-. The number of ether oxygens (including phenoxy) is 1. The van der Waals surface area contributed by atoms with Crippen LogP contribution in [-0.2, 0) is 4.74 Å². The maximum atomic E-state index is 13.7. The Hall–Kier alpha value is -3.88. The second-order valence-corrected chi connectivity index (χ2v) is 11.8. The number of nitrogens with zero attached hydrogens (tertiary/aromatic N) is 1. The van der Waals surface area contributed by atoms with Crippen LogP contribution in [0.25, 0.3) is 0 Å². The highest BCUT2D eigenvalue weighted by molar-refractivity contribution is 7.99. The van der Waals surface area contributed by atoms with Gasteiger partial charge >= 0.3 is 0 Å². The topological polar surface area (TPSA) is 41.6 Å². The average molecular weight is 480 g/mol. The lowest BCUT2D eigenvalue weighted by Gasteiger charge is -2.30. The summed E-state index contributed by atoms with van der Waals surface area (Å²) in [6.07, 6.45) is 0. The van der Waals surface area contributed by atoms with Gasteiger partial charge in [-0.25, -0.2) is 0 Å². The van der Waals surface area contributed by atoms with E-state index in [2.05, 4.69) is 83.0 Å². The van der Waals surface area contributed by atoms with E-state index in [-0.39, 0.29) is 5.91 Å². The van der Waals surface area contributed by atoms with Gasteiger partial charge in [-0.2, -0.15) is 0 Å². The smallest absolute Gasteiger partial charge is 0.258 e. The van der Waals surface area contributed by atoms with Crippen molar-refractivity contribution < 1.29 is 9.53 Å². The predicted molar refractivity (Wildman–Crippen MR) is 145 cm³/mol. The Labute approximate surface area is 207 Å². The monoisotopic (exact) mass is 479 g/mol. The molecule has 1 saturated heterocycles. The molecule has 0 aliphatic carbocycles. The lowest BCUT2D eigenvalue weighted by atomic mass is 10.2. The summed E-state index contributed by atoms with van der Waals surface area (Å²) in [5, 5.41) is 6.82. The fourth-order valence-corrected chi connectivity index (χ4v) is 8.90. The Kier molecular flexibility index (Phi) is 6.65. The molecule has 1 amide bonds. The summed E-state index contributed by atoms with van der Waals surface area (Å²) >= 11 is 0. The molecule has 5 heteroatoms. The molecule has 0 aromatic heterocycles. The van der Waals surface area contributed by atoms with E-state index in [1.165, 1.54) is 0 Å². The van der Waals surface area contributed by atoms with Gasteiger partial charge in [0.1, 0.15) is 22.5 Å². The van der Waals surface area contributed by atoms with Crippen LogP contribution >= 0.6 is 7.26 Å². The Bertz CT molecular complexity index is 1210. The van der Waals surface area contributed by atoms with Crippen molar-refractivity contribution in [3.8, 4) is 0 Å². The van der Waals surface area contributed by atoms with Crippen molar-refractivity contribution in [3.05, 3.63) is 138 Å². The number of amides is 1. The molecular formula is C30H28N2O2P+. The van der Waals surface area contributed by atoms with Crippen LogP contribution in [0.2, 0.25) is 0 Å². The second-order valence-electron chi connectivity index (χ2n) is 8.42. The van der Waals surface area contributed by atoms with Crippen molar-refractivity contribution in [1.82, 2.24) is 10.2 Å². The Balaban J connectivity index is 1.84. The van der Waals surface area contributed by atoms with Crippen LogP contribution in [0.5, 0.6) is 0 Å². The van der Waals surface area contributed by atoms with Crippen molar-refractivity contribution in [2.45, 2.75) is 0 Å². The van der Waals surface area contributed by atoms with Crippen LogP contribution in [0, 0.1) is 0 Å². The van der Waals surface area contributed by atoms with Gasteiger partial charge in [0.2, 0.25) is 5.44 Å². The maximum Gasteiger partial charge on any atom is 0.258 e. The molecule has 1 aliphatic heterocycles. The highest BCUT2D eigenvalue weighted by Gasteiger charge is 2.54. The predicted octanol–water partition coefficient (Wildman–Crippen LogP) is 4.50. The van der Waals surface area contributed by atoms with E-state index in [4.69, 9.17) is 4.74 Å². The highest BCUT2D eigenvalue weighted by Crippen LogP contribution is 2.62. The molecule has 4 aromatic rings. The van der Waals surface area contributed by atoms with Crippen LogP contribution in [0.1, 0.15) is 10.4 Å². The molecule has 1 heterocycles. The molecule has 1 fully saturated rings. The zero-order chi connectivity index (χ0) is 24.1. The van der Waals surface area contributed by atoms with E-state index in [1.54, 1.807) is 0 Å². The van der Waals surface area contributed by atoms with Crippen LogP contribution in [0.4, 0.5) is 0 Å². The number of hydrogen-bond acceptors (Lipinski definition) is 3. The third kappa shape index (κ3) is 4.34. The molecule has 5 rings (SSSR count). The van der Waals surface area contributed by atoms with E-state index >= 15 is 0 Å². The van der Waals surface area contributed by atoms with Gasteiger partial charge in [0.25, 0.3) is 11.8 Å². The van der Waals surface area contributed by atoms with Gasteiger partial charge in [-0.1, -0.05) is 72.8 Å². The number of nitrogens with one attached hydrogen (secondary N) is 1. The molecule has 35 heavy (non-hydrogen) atoms. The molecule has 0 saturated carbocycles. The summed E-state index contributed by atoms with van der Waals surface area (Å²) in [6.45, 7) is 1.34. The number of hydrogen-bond donors (Lipinski definition) is 1. The van der Waals surface area contributed by atoms with Gasteiger partial charge in [-0.15, -0.1) is 0 Å². The quantitative estimate of drug-likeness (QED) is 0.414. The minimum Gasteiger partial charge on any atom is -0.473 e. The minimum absolute atomic E-state index is 0.149. The van der Waals surface area contributed by atoms with Gasteiger partial charge < -0.3 is 9.64 Å². The van der Waals surface area contributed by atoms with Gasteiger partial charge in [0.15, 0.2) is 7.26 Å². The first-order valence-electron chi connectivity index (χ1n) is 11.7. The summed E-state index contributed by atoms with van der Waals surface area (Å²) in [6, 6.07) is 40.8. The summed E-state index contributed by atoms with van der Waals surface area (Å²) < 4.78 is 6.25. The van der Waals surface area contributed by atoms with E-state index < -0.39 is 7.26 Å². The molecule has 0 bridgehead atoms. The summed E-state index contributed by atoms with van der Waals surface area (Å²) in [7, 11) is -0.523. The SMILES string of the molecule is CN1CCO/C1=C(/NC(=O)c1ccccc1)[P+](c1ccccc1)(c1ccccc1)c1ccccc1. The summed E-state index contributed by atoms with van der Waals surface area (Å²) in [5.74, 6) is 0.573. The molecule has 0 unspecified atom stereocenters. The molecule has 0 atom stereocenters. The van der Waals surface area contributed by atoms with Crippen LogP contribution in [0.3, 0.4) is 0 Å². The normalized spacial score (nSPS) is 14.8. The zero-order valence-electron chi connectivity index (χ0n) is 19.7. The molecule has 4 aromatic carbocycles. The number of carbonyl (C=O) groups excluding carboxylic acids is 1. The fourth-order valence-electron chi connectivity index (χ4n) is 4.58. The lowest BCUT2D eigenvalue weighted by molar-refractivity contribution is 0.0964. The third-order valence-electron chi connectivity index (χ3n) is 6.25. The van der Waals surface area contributed by atoms with Crippen molar-refractivity contribution in [2.24, 2.45) is 0 Å². The maximum absolute atomic E-state index is 13.7. The highest BCUT2D eigenvalue weighted by atomic mass is 31.2. The van der Waals surface area contributed by atoms with Crippen molar-refractivity contribution >= 4 is 29.1 Å². The number of carbonyl (C=O) groups is 1. The Morgan fingerprint density at radius 2 is 1.14 bits per heavy atom. The minimum atomic E-state index is -2.54. The summed E-state index contributed by atoms with van der Waals surface area (Å²) in [5.41, 5.74) is 1.42. The zero-order valence-corrected chi connectivity index (χ0v) is 20.6. The van der Waals surface area contributed by atoms with E-state index in [0.717, 1.165) is 33.8 Å². The first kappa shape index (κ1) is 22.9. The Morgan fingerprint density at radius 3 is 1.54 bits per heavy atom. The van der Waals surface area contributed by atoms with Gasteiger partial charge in [0.05, 0.1) is 6.54 Å². The second kappa shape index (κ2) is 10.2. The van der Waals surface area contributed by atoms with Gasteiger partial charge in [0, 0.05) is 12.6 Å². The molecular weight excluding hydrogens is 451 g/mol. The van der Waals surface area contributed by atoms with Crippen molar-refractivity contribution in [2.75, 3.05) is 20.2 Å². The van der Waals surface area contributed by atoms with Crippen LogP contribution in [-0.4, -0.2) is 31.0 Å². The molecule has 1 aliphatic rings. The van der Waals surface area contributed by atoms with Crippen LogP contribution < -0.4 is 21.2 Å². The number of benzene rings is 4. The van der Waals surface area contributed by atoms with E-state index in [1.807, 2.05) is 55.6 Å². The first-order valence-corrected chi connectivity index (χ1v) is 13.5. The van der Waals surface area contributed by atoms with E-state index in [9.17, 15) is 4.79 Å². The largest absolute Gasteiger partial charge is 0.473 e. The first-order chi connectivity index (χ1) is 17.2. The summed E-state index contributed by atoms with van der Waals surface area (Å²) in [4.78, 5) is 15.8. The molecule has 0 radical (unpaired) electrons. The molecule has 1 N–H and O–H groups in total. The fraction of sp³-hybridized carbons (Fsp3) is 0.100. The Morgan fingerprint density at radius 1 is 0.714 bits per heavy atom. The number of likely N-dealkylation sites (N-methyl/N-ethyl adjacent to an activating group) is 1. The van der Waals surface area contributed by atoms with Crippen molar-refractivity contribution in [3.63, 3.8) is 0 Å². The van der Waals surface area contributed by atoms with E-state index in [0.29, 0.717) is 12.2 Å².